The Balaban J connectivity index is 2.15. The topological polar surface area (TPSA) is 58.6 Å². The number of hydrogen-bond acceptors (Lipinski definition) is 3. The van der Waals surface area contributed by atoms with Gasteiger partial charge in [0.15, 0.2) is 0 Å². The Labute approximate surface area is 121 Å². The van der Waals surface area contributed by atoms with Gasteiger partial charge in [0.05, 0.1) is 5.60 Å². The predicted octanol–water partition coefficient (Wildman–Crippen LogP) is 1.32. The first-order valence-electron chi connectivity index (χ1n) is 7.41. The van der Waals surface area contributed by atoms with Crippen LogP contribution in [0.2, 0.25) is 0 Å². The van der Waals surface area contributed by atoms with E-state index in [0.29, 0.717) is 19.5 Å². The van der Waals surface area contributed by atoms with Crippen LogP contribution in [-0.2, 0) is 14.3 Å². The van der Waals surface area contributed by atoms with Gasteiger partial charge in [0, 0.05) is 26.6 Å². The normalized spacial score (nSPS) is 26.8. The quantitative estimate of drug-likeness (QED) is 0.849. The lowest BCUT2D eigenvalue weighted by atomic mass is 9.79. The molecule has 2 aliphatic rings. The molecule has 1 heterocycles. The fraction of sp³-hybridized carbons (Fsp3) is 0.867. The zero-order chi connectivity index (χ0) is 15.0. The third-order valence-electron chi connectivity index (χ3n) is 4.52. The smallest absolute Gasteiger partial charge is 0.245 e. The van der Waals surface area contributed by atoms with Crippen LogP contribution in [0.25, 0.3) is 0 Å². The molecule has 0 spiro atoms. The Bertz CT molecular complexity index is 391. The molecule has 20 heavy (non-hydrogen) atoms. The maximum atomic E-state index is 12.7. The van der Waals surface area contributed by atoms with Gasteiger partial charge < -0.3 is 15.0 Å². The van der Waals surface area contributed by atoms with E-state index in [2.05, 4.69) is 5.32 Å². The number of nitrogens with one attached hydrogen (secondary N) is 1. The second-order valence-electron chi connectivity index (χ2n) is 7.12. The fourth-order valence-electron chi connectivity index (χ4n) is 2.91. The maximum Gasteiger partial charge on any atom is 0.245 e. The molecule has 0 aromatic heterocycles. The summed E-state index contributed by atoms with van der Waals surface area (Å²) in [5.41, 5.74) is -0.472. The molecule has 0 aromatic carbocycles. The third-order valence-corrected chi connectivity index (χ3v) is 4.52. The Morgan fingerprint density at radius 2 is 2.00 bits per heavy atom. The van der Waals surface area contributed by atoms with E-state index in [9.17, 15) is 9.59 Å². The average molecular weight is 282 g/mol. The van der Waals surface area contributed by atoms with Gasteiger partial charge in [-0.05, 0) is 24.7 Å². The summed E-state index contributed by atoms with van der Waals surface area (Å²) in [5, 5.41) is 2.87. The Kier molecular flexibility index (Phi) is 4.09. The van der Waals surface area contributed by atoms with Crippen molar-refractivity contribution in [2.24, 2.45) is 5.41 Å². The van der Waals surface area contributed by atoms with Gasteiger partial charge in [0.25, 0.3) is 0 Å². The summed E-state index contributed by atoms with van der Waals surface area (Å²) in [7, 11) is 1.71. The van der Waals surface area contributed by atoms with Crippen molar-refractivity contribution < 1.29 is 14.3 Å². The molecule has 0 radical (unpaired) electrons. The monoisotopic (exact) mass is 282 g/mol. The second-order valence-corrected chi connectivity index (χ2v) is 7.12. The Morgan fingerprint density at radius 1 is 1.35 bits per heavy atom. The molecule has 1 N–H and O–H groups in total. The number of rotatable bonds is 3. The fourth-order valence-corrected chi connectivity index (χ4v) is 2.91. The SMILES string of the molecule is COC1(CN2CCC(=O)NC(C(C)(C)C)C2=O)CCC1. The number of hydrogen-bond donors (Lipinski definition) is 1. The minimum absolute atomic E-state index is 0.0201. The Morgan fingerprint density at radius 3 is 2.45 bits per heavy atom. The number of amides is 2. The van der Waals surface area contributed by atoms with Crippen LogP contribution in [0.4, 0.5) is 0 Å². The largest absolute Gasteiger partial charge is 0.376 e. The molecule has 2 fully saturated rings. The number of nitrogens with zero attached hydrogens (tertiary/aromatic N) is 1. The van der Waals surface area contributed by atoms with Gasteiger partial charge in [0.1, 0.15) is 6.04 Å². The van der Waals surface area contributed by atoms with Crippen LogP contribution in [0.3, 0.4) is 0 Å². The molecule has 1 atom stereocenters. The highest BCUT2D eigenvalue weighted by atomic mass is 16.5. The van der Waals surface area contributed by atoms with Crippen LogP contribution >= 0.6 is 0 Å². The standard InChI is InChI=1S/C15H26N2O3/c1-14(2,3)12-13(19)17(9-6-11(18)16-12)10-15(20-4)7-5-8-15/h12H,5-10H2,1-4H3,(H,16,18). The summed E-state index contributed by atoms with van der Waals surface area (Å²) in [6, 6.07) is -0.452. The number of ether oxygens (including phenoxy) is 1. The predicted molar refractivity (Wildman–Crippen MR) is 76.2 cm³/mol. The first-order valence-corrected chi connectivity index (χ1v) is 7.41. The lowest BCUT2D eigenvalue weighted by Crippen LogP contribution is -2.56. The molecule has 5 heteroatoms. The summed E-state index contributed by atoms with van der Waals surface area (Å²) < 4.78 is 5.61. The zero-order valence-electron chi connectivity index (χ0n) is 13.0. The third kappa shape index (κ3) is 2.97. The molecule has 5 nitrogen and oxygen atoms in total. The van der Waals surface area contributed by atoms with Crippen molar-refractivity contribution in [3.8, 4) is 0 Å². The second kappa shape index (κ2) is 5.35. The van der Waals surface area contributed by atoms with Crippen molar-refractivity contribution in [2.75, 3.05) is 20.2 Å². The number of carbonyl (C=O) groups excluding carboxylic acids is 2. The van der Waals surface area contributed by atoms with Crippen LogP contribution in [0.1, 0.15) is 46.5 Å². The molecule has 114 valence electrons. The van der Waals surface area contributed by atoms with E-state index in [-0.39, 0.29) is 22.8 Å². The van der Waals surface area contributed by atoms with Crippen LogP contribution in [0, 0.1) is 5.41 Å². The van der Waals surface area contributed by atoms with E-state index in [1.165, 1.54) is 0 Å². The van der Waals surface area contributed by atoms with Crippen LogP contribution < -0.4 is 5.32 Å². The van der Waals surface area contributed by atoms with Crippen LogP contribution in [0.15, 0.2) is 0 Å². The molecule has 1 aliphatic carbocycles. The van der Waals surface area contributed by atoms with Gasteiger partial charge in [-0.15, -0.1) is 0 Å². The minimum atomic E-state index is -0.452. The summed E-state index contributed by atoms with van der Waals surface area (Å²) in [6.07, 6.45) is 3.51. The van der Waals surface area contributed by atoms with E-state index in [1.54, 1.807) is 7.11 Å². The summed E-state index contributed by atoms with van der Waals surface area (Å²) >= 11 is 0. The molecule has 1 saturated heterocycles. The zero-order valence-corrected chi connectivity index (χ0v) is 13.0. The highest BCUT2D eigenvalue weighted by molar-refractivity contribution is 5.90. The van der Waals surface area contributed by atoms with E-state index < -0.39 is 6.04 Å². The minimum Gasteiger partial charge on any atom is -0.376 e. The van der Waals surface area contributed by atoms with Crippen molar-refractivity contribution >= 4 is 11.8 Å². The molecular formula is C15H26N2O3. The molecule has 2 rings (SSSR count). The summed E-state index contributed by atoms with van der Waals surface area (Å²) in [5.74, 6) is -0.0208. The summed E-state index contributed by atoms with van der Waals surface area (Å²) in [6.45, 7) is 7.03. The van der Waals surface area contributed by atoms with Gasteiger partial charge in [-0.25, -0.2) is 0 Å². The average Bonchev–Trinajstić information content (AvgIpc) is 2.45. The van der Waals surface area contributed by atoms with Crippen molar-refractivity contribution in [1.82, 2.24) is 10.2 Å². The van der Waals surface area contributed by atoms with E-state index in [4.69, 9.17) is 4.74 Å². The van der Waals surface area contributed by atoms with Gasteiger partial charge in [-0.2, -0.15) is 0 Å². The molecular weight excluding hydrogens is 256 g/mol. The Hall–Kier alpha value is -1.10. The lowest BCUT2D eigenvalue weighted by Gasteiger charge is -2.44. The highest BCUT2D eigenvalue weighted by Crippen LogP contribution is 2.36. The maximum absolute atomic E-state index is 12.7. The number of methoxy groups -OCH3 is 1. The molecule has 0 aromatic rings. The molecule has 1 unspecified atom stereocenters. The van der Waals surface area contributed by atoms with Crippen LogP contribution in [-0.4, -0.2) is 48.6 Å². The van der Waals surface area contributed by atoms with Gasteiger partial charge >= 0.3 is 0 Å². The molecule has 0 bridgehead atoms. The van der Waals surface area contributed by atoms with Gasteiger partial charge in [0.2, 0.25) is 11.8 Å². The van der Waals surface area contributed by atoms with Crippen molar-refractivity contribution in [3.63, 3.8) is 0 Å². The van der Waals surface area contributed by atoms with E-state index in [0.717, 1.165) is 19.3 Å². The van der Waals surface area contributed by atoms with Gasteiger partial charge in [-0.3, -0.25) is 9.59 Å². The molecule has 1 aliphatic heterocycles. The van der Waals surface area contributed by atoms with Crippen molar-refractivity contribution in [2.45, 2.75) is 58.1 Å². The number of carbonyl (C=O) groups is 2. The van der Waals surface area contributed by atoms with Crippen molar-refractivity contribution in [3.05, 3.63) is 0 Å². The molecule has 2 amide bonds. The van der Waals surface area contributed by atoms with Crippen molar-refractivity contribution in [1.29, 1.82) is 0 Å². The lowest BCUT2D eigenvalue weighted by molar-refractivity contribution is -0.145. The first kappa shape index (κ1) is 15.3. The molecule has 1 saturated carbocycles. The highest BCUT2D eigenvalue weighted by Gasteiger charge is 2.43. The van der Waals surface area contributed by atoms with E-state index >= 15 is 0 Å². The first-order chi connectivity index (χ1) is 9.27. The van der Waals surface area contributed by atoms with Gasteiger partial charge in [-0.1, -0.05) is 20.8 Å². The van der Waals surface area contributed by atoms with E-state index in [1.807, 2.05) is 25.7 Å². The van der Waals surface area contributed by atoms with Crippen LogP contribution in [0.5, 0.6) is 0 Å². The summed E-state index contributed by atoms with van der Waals surface area (Å²) in [4.78, 5) is 26.4.